The van der Waals surface area contributed by atoms with Gasteiger partial charge < -0.3 is 20.1 Å². The van der Waals surface area contributed by atoms with Crippen LogP contribution in [-0.2, 0) is 19.1 Å². The second-order valence-corrected chi connectivity index (χ2v) is 6.34. The minimum Gasteiger partial charge on any atom is -0.481 e. The Morgan fingerprint density at radius 2 is 1.32 bits per heavy atom. The summed E-state index contributed by atoms with van der Waals surface area (Å²) in [5, 5.41) is 27.1. The third-order valence-corrected chi connectivity index (χ3v) is 4.08. The van der Waals surface area contributed by atoms with Gasteiger partial charge in [0.15, 0.2) is 6.10 Å². The normalized spacial score (nSPS) is 13.2. The number of hydrogen-bond acceptors (Lipinski definition) is 5. The van der Waals surface area contributed by atoms with E-state index in [2.05, 4.69) is 6.92 Å². The number of esters is 1. The summed E-state index contributed by atoms with van der Waals surface area (Å²) < 4.78 is 4.84. The van der Waals surface area contributed by atoms with Gasteiger partial charge in [-0.25, -0.2) is 4.79 Å². The Morgan fingerprint density at radius 1 is 0.840 bits per heavy atom. The summed E-state index contributed by atoms with van der Waals surface area (Å²) in [5.74, 6) is -5.71. The van der Waals surface area contributed by atoms with Gasteiger partial charge in [0.05, 0.1) is 13.0 Å². The summed E-state index contributed by atoms with van der Waals surface area (Å²) in [7, 11) is 0. The molecule has 3 N–H and O–H groups in total. The molecule has 0 aliphatic carbocycles. The van der Waals surface area contributed by atoms with Crippen molar-refractivity contribution >= 4 is 17.9 Å². The Balaban J connectivity index is 3.74. The Labute approximate surface area is 149 Å². The number of aliphatic hydroxyl groups is 1. The lowest BCUT2D eigenvalue weighted by atomic mass is 9.99. The van der Waals surface area contributed by atoms with E-state index < -0.39 is 36.4 Å². The van der Waals surface area contributed by atoms with Crippen molar-refractivity contribution in [1.29, 1.82) is 0 Å². The second-order valence-electron chi connectivity index (χ2n) is 6.34. The largest absolute Gasteiger partial charge is 0.481 e. The lowest BCUT2D eigenvalue weighted by Crippen LogP contribution is -2.37. The van der Waals surface area contributed by atoms with Crippen LogP contribution >= 0.6 is 0 Å². The molecule has 0 radical (unpaired) electrons. The first-order chi connectivity index (χ1) is 11.9. The predicted octanol–water partition coefficient (Wildman–Crippen LogP) is 2.99. The molecular formula is C18H32O7. The van der Waals surface area contributed by atoms with Crippen LogP contribution in [-0.4, -0.2) is 45.9 Å². The maximum absolute atomic E-state index is 11.6. The average molecular weight is 360 g/mol. The van der Waals surface area contributed by atoms with Gasteiger partial charge in [-0.2, -0.15) is 0 Å². The van der Waals surface area contributed by atoms with Crippen molar-refractivity contribution in [2.24, 2.45) is 5.92 Å². The SMILES string of the molecule is CCCCCCCCCCCCOC(=O)C(O)C(CC(=O)O)C(=O)O. The van der Waals surface area contributed by atoms with Gasteiger partial charge in [0.25, 0.3) is 0 Å². The number of carbonyl (C=O) groups excluding carboxylic acids is 1. The zero-order valence-corrected chi connectivity index (χ0v) is 15.1. The van der Waals surface area contributed by atoms with E-state index >= 15 is 0 Å². The highest BCUT2D eigenvalue weighted by atomic mass is 16.5. The van der Waals surface area contributed by atoms with E-state index in [-0.39, 0.29) is 6.61 Å². The molecule has 0 saturated carbocycles. The predicted molar refractivity (Wildman–Crippen MR) is 92.2 cm³/mol. The fourth-order valence-corrected chi connectivity index (χ4v) is 2.53. The maximum atomic E-state index is 11.6. The van der Waals surface area contributed by atoms with E-state index in [0.29, 0.717) is 6.42 Å². The first-order valence-electron chi connectivity index (χ1n) is 9.19. The number of ether oxygens (including phenoxy) is 1. The Bertz CT molecular complexity index is 395. The number of carboxylic acid groups (broad SMARTS) is 2. The fourth-order valence-electron chi connectivity index (χ4n) is 2.53. The minimum absolute atomic E-state index is 0.103. The average Bonchev–Trinajstić information content (AvgIpc) is 2.56. The van der Waals surface area contributed by atoms with Crippen molar-refractivity contribution in [3.05, 3.63) is 0 Å². The number of carbonyl (C=O) groups is 3. The summed E-state index contributed by atoms with van der Waals surface area (Å²) in [4.78, 5) is 33.1. The van der Waals surface area contributed by atoms with Crippen molar-refractivity contribution in [1.82, 2.24) is 0 Å². The van der Waals surface area contributed by atoms with Gasteiger partial charge in [-0.1, -0.05) is 64.7 Å². The molecule has 0 amide bonds. The quantitative estimate of drug-likeness (QED) is 0.286. The highest BCUT2D eigenvalue weighted by Crippen LogP contribution is 2.13. The van der Waals surface area contributed by atoms with Crippen molar-refractivity contribution in [2.75, 3.05) is 6.61 Å². The van der Waals surface area contributed by atoms with E-state index in [1.165, 1.54) is 38.5 Å². The summed E-state index contributed by atoms with van der Waals surface area (Å²) in [6.45, 7) is 2.30. The number of hydrogen-bond donors (Lipinski definition) is 3. The van der Waals surface area contributed by atoms with Crippen LogP contribution < -0.4 is 0 Å². The van der Waals surface area contributed by atoms with Gasteiger partial charge in [0.1, 0.15) is 5.92 Å². The van der Waals surface area contributed by atoms with Gasteiger partial charge in [-0.3, -0.25) is 9.59 Å². The van der Waals surface area contributed by atoms with Crippen LogP contribution in [0.1, 0.15) is 77.6 Å². The Morgan fingerprint density at radius 3 is 1.76 bits per heavy atom. The molecule has 0 aromatic rings. The fraction of sp³-hybridized carbons (Fsp3) is 0.833. The first kappa shape index (κ1) is 23.4. The summed E-state index contributed by atoms with van der Waals surface area (Å²) in [5.41, 5.74) is 0. The van der Waals surface area contributed by atoms with Gasteiger partial charge in [-0.05, 0) is 6.42 Å². The minimum atomic E-state index is -1.96. The topological polar surface area (TPSA) is 121 Å². The molecule has 0 aliphatic heterocycles. The lowest BCUT2D eigenvalue weighted by molar-refractivity contribution is -0.166. The Hall–Kier alpha value is -1.63. The summed E-state index contributed by atoms with van der Waals surface area (Å²) in [6.07, 6.45) is 8.52. The van der Waals surface area contributed by atoms with E-state index in [9.17, 15) is 19.5 Å². The Kier molecular flexibility index (Phi) is 13.7. The smallest absolute Gasteiger partial charge is 0.335 e. The standard InChI is InChI=1S/C18H32O7/c1-2-3-4-5-6-7-8-9-10-11-12-25-18(24)16(21)14(17(22)23)13-15(19)20/h14,16,21H,2-13H2,1H3,(H,19,20)(H,22,23). The van der Waals surface area contributed by atoms with Gasteiger partial charge in [-0.15, -0.1) is 0 Å². The van der Waals surface area contributed by atoms with Gasteiger partial charge >= 0.3 is 17.9 Å². The van der Waals surface area contributed by atoms with Crippen molar-refractivity contribution in [3.8, 4) is 0 Å². The molecule has 0 spiro atoms. The second kappa shape index (κ2) is 14.7. The number of aliphatic carboxylic acids is 2. The molecule has 7 heteroatoms. The van der Waals surface area contributed by atoms with Crippen molar-refractivity contribution in [2.45, 2.75) is 83.7 Å². The molecule has 0 aromatic heterocycles. The molecule has 2 unspecified atom stereocenters. The van der Waals surface area contributed by atoms with Crippen LogP contribution in [0.2, 0.25) is 0 Å². The van der Waals surface area contributed by atoms with Crippen LogP contribution in [0.25, 0.3) is 0 Å². The number of unbranched alkanes of at least 4 members (excludes halogenated alkanes) is 9. The molecular weight excluding hydrogens is 328 g/mol. The summed E-state index contributed by atoms with van der Waals surface area (Å²) >= 11 is 0. The third kappa shape index (κ3) is 12.4. The van der Waals surface area contributed by atoms with Crippen LogP contribution in [0.15, 0.2) is 0 Å². The number of carboxylic acids is 2. The highest BCUT2D eigenvalue weighted by molar-refractivity contribution is 5.85. The van der Waals surface area contributed by atoms with Crippen LogP contribution in [0.3, 0.4) is 0 Å². The van der Waals surface area contributed by atoms with E-state index in [4.69, 9.17) is 14.9 Å². The van der Waals surface area contributed by atoms with Gasteiger partial charge in [0, 0.05) is 0 Å². The van der Waals surface area contributed by atoms with E-state index in [1.54, 1.807) is 0 Å². The molecule has 7 nitrogen and oxygen atoms in total. The molecule has 0 heterocycles. The lowest BCUT2D eigenvalue weighted by Gasteiger charge is -2.16. The van der Waals surface area contributed by atoms with Crippen LogP contribution in [0.5, 0.6) is 0 Å². The van der Waals surface area contributed by atoms with Crippen LogP contribution in [0.4, 0.5) is 0 Å². The van der Waals surface area contributed by atoms with E-state index in [0.717, 1.165) is 19.3 Å². The van der Waals surface area contributed by atoms with Crippen LogP contribution in [0, 0.1) is 5.92 Å². The molecule has 0 saturated heterocycles. The molecule has 0 aromatic carbocycles. The molecule has 0 aliphatic rings. The van der Waals surface area contributed by atoms with Gasteiger partial charge in [0.2, 0.25) is 0 Å². The highest BCUT2D eigenvalue weighted by Gasteiger charge is 2.35. The zero-order chi connectivity index (χ0) is 19.1. The maximum Gasteiger partial charge on any atom is 0.335 e. The van der Waals surface area contributed by atoms with E-state index in [1.807, 2.05) is 0 Å². The number of rotatable bonds is 16. The molecule has 0 rings (SSSR count). The number of aliphatic hydroxyl groups excluding tert-OH is 1. The third-order valence-electron chi connectivity index (χ3n) is 4.08. The first-order valence-corrected chi connectivity index (χ1v) is 9.19. The van der Waals surface area contributed by atoms with Crippen molar-refractivity contribution in [3.63, 3.8) is 0 Å². The monoisotopic (exact) mass is 360 g/mol. The molecule has 146 valence electrons. The summed E-state index contributed by atoms with van der Waals surface area (Å²) in [6, 6.07) is 0. The molecule has 0 bridgehead atoms. The molecule has 2 atom stereocenters. The van der Waals surface area contributed by atoms with Crippen molar-refractivity contribution < 1.29 is 34.4 Å². The zero-order valence-electron chi connectivity index (χ0n) is 15.1. The molecule has 0 fully saturated rings. The molecule has 25 heavy (non-hydrogen) atoms.